The third kappa shape index (κ3) is 4.76. The molecule has 1 saturated carbocycles. The minimum absolute atomic E-state index is 0.396. The van der Waals surface area contributed by atoms with Crippen LogP contribution in [0, 0.1) is 12.8 Å². The first-order chi connectivity index (χ1) is 8.25. The summed E-state index contributed by atoms with van der Waals surface area (Å²) in [5.41, 5.74) is 2.64. The van der Waals surface area contributed by atoms with Gasteiger partial charge >= 0.3 is 0 Å². The van der Waals surface area contributed by atoms with Crippen molar-refractivity contribution in [1.29, 1.82) is 0 Å². The molecule has 1 unspecified atom stereocenters. The third-order valence-electron chi connectivity index (χ3n) is 3.02. The average Bonchev–Trinajstić information content (AvgIpc) is 3.03. The molecule has 1 fully saturated rings. The van der Waals surface area contributed by atoms with Gasteiger partial charge in [-0.05, 0) is 47.6 Å². The minimum Gasteiger partial charge on any atom is -0.389 e. The van der Waals surface area contributed by atoms with E-state index in [2.05, 4.69) is 23.0 Å². The molecule has 1 aromatic rings. The number of ether oxygens (including phenoxy) is 1. The molecule has 2 N–H and O–H groups in total. The van der Waals surface area contributed by atoms with Crippen LogP contribution in [-0.4, -0.2) is 31.0 Å². The van der Waals surface area contributed by atoms with Crippen LogP contribution in [0.1, 0.15) is 24.0 Å². The molecular formula is C13H21NO2S. The van der Waals surface area contributed by atoms with Crippen molar-refractivity contribution in [3.8, 4) is 0 Å². The van der Waals surface area contributed by atoms with E-state index in [0.29, 0.717) is 13.2 Å². The molecule has 1 aliphatic rings. The van der Waals surface area contributed by atoms with Gasteiger partial charge < -0.3 is 15.2 Å². The number of aliphatic hydroxyl groups is 1. The smallest absolute Gasteiger partial charge is 0.0897 e. The van der Waals surface area contributed by atoms with Crippen LogP contribution in [0.15, 0.2) is 10.8 Å². The van der Waals surface area contributed by atoms with E-state index in [-0.39, 0.29) is 0 Å². The van der Waals surface area contributed by atoms with E-state index in [0.717, 1.165) is 19.1 Å². The van der Waals surface area contributed by atoms with E-state index in [1.807, 2.05) is 0 Å². The Balaban J connectivity index is 1.53. The molecule has 0 spiro atoms. The van der Waals surface area contributed by atoms with Gasteiger partial charge in [-0.1, -0.05) is 0 Å². The van der Waals surface area contributed by atoms with Gasteiger partial charge in [0.25, 0.3) is 0 Å². The van der Waals surface area contributed by atoms with Crippen molar-refractivity contribution in [2.24, 2.45) is 5.92 Å². The Bertz CT molecular complexity index is 336. The summed E-state index contributed by atoms with van der Waals surface area (Å²) < 4.78 is 5.44. The summed E-state index contributed by atoms with van der Waals surface area (Å²) in [6, 6.07) is 0. The lowest BCUT2D eigenvalue weighted by atomic mass is 10.2. The molecule has 4 heteroatoms. The fourth-order valence-electron chi connectivity index (χ4n) is 1.66. The largest absolute Gasteiger partial charge is 0.389 e. The van der Waals surface area contributed by atoms with E-state index >= 15 is 0 Å². The van der Waals surface area contributed by atoms with E-state index in [4.69, 9.17) is 4.74 Å². The summed E-state index contributed by atoms with van der Waals surface area (Å²) in [5.74, 6) is 0.767. The standard InChI is InChI=1S/C13H21NO2S/c1-10-8-17-9-12(10)4-14-5-13(15)7-16-6-11-2-3-11/h8-9,11,13-15H,2-7H2,1H3. The number of aryl methyl sites for hydroxylation is 1. The molecule has 0 saturated heterocycles. The van der Waals surface area contributed by atoms with Gasteiger partial charge in [0.05, 0.1) is 12.7 Å². The molecule has 1 aromatic heterocycles. The van der Waals surface area contributed by atoms with Crippen LogP contribution in [0.2, 0.25) is 0 Å². The summed E-state index contributed by atoms with van der Waals surface area (Å²) in [5, 5.41) is 17.3. The van der Waals surface area contributed by atoms with Crippen molar-refractivity contribution in [2.45, 2.75) is 32.4 Å². The summed E-state index contributed by atoms with van der Waals surface area (Å²) in [4.78, 5) is 0. The Morgan fingerprint density at radius 1 is 1.53 bits per heavy atom. The van der Waals surface area contributed by atoms with Crippen LogP contribution in [0.4, 0.5) is 0 Å². The van der Waals surface area contributed by atoms with E-state index in [1.165, 1.54) is 24.0 Å². The SMILES string of the molecule is Cc1cscc1CNCC(O)COCC1CC1. The summed E-state index contributed by atoms with van der Waals surface area (Å²) in [7, 11) is 0. The van der Waals surface area contributed by atoms with Crippen LogP contribution in [0.25, 0.3) is 0 Å². The predicted octanol–water partition coefficient (Wildman–Crippen LogP) is 1.93. The average molecular weight is 255 g/mol. The lowest BCUT2D eigenvalue weighted by Gasteiger charge is -2.12. The molecule has 0 aliphatic heterocycles. The highest BCUT2D eigenvalue weighted by molar-refractivity contribution is 7.08. The van der Waals surface area contributed by atoms with Gasteiger partial charge in [-0.15, -0.1) is 0 Å². The zero-order valence-corrected chi connectivity index (χ0v) is 11.1. The van der Waals surface area contributed by atoms with Crippen LogP contribution in [-0.2, 0) is 11.3 Å². The third-order valence-corrected chi connectivity index (χ3v) is 3.93. The molecule has 1 atom stereocenters. The second-order valence-corrected chi connectivity index (χ2v) is 5.59. The zero-order chi connectivity index (χ0) is 12.1. The summed E-state index contributed by atoms with van der Waals surface area (Å²) in [6.07, 6.45) is 2.20. The lowest BCUT2D eigenvalue weighted by molar-refractivity contribution is 0.0324. The van der Waals surface area contributed by atoms with Crippen LogP contribution >= 0.6 is 11.3 Å². The number of nitrogens with one attached hydrogen (secondary N) is 1. The fraction of sp³-hybridized carbons (Fsp3) is 0.692. The van der Waals surface area contributed by atoms with Gasteiger partial charge in [0.2, 0.25) is 0 Å². The first kappa shape index (κ1) is 13.0. The van der Waals surface area contributed by atoms with Crippen molar-refractivity contribution < 1.29 is 9.84 Å². The van der Waals surface area contributed by atoms with Crippen LogP contribution in [0.5, 0.6) is 0 Å². The lowest BCUT2D eigenvalue weighted by Crippen LogP contribution is -2.30. The van der Waals surface area contributed by atoms with E-state index in [9.17, 15) is 5.11 Å². The van der Waals surface area contributed by atoms with E-state index in [1.54, 1.807) is 11.3 Å². The molecule has 3 nitrogen and oxygen atoms in total. The number of hydrogen-bond donors (Lipinski definition) is 2. The second-order valence-electron chi connectivity index (χ2n) is 4.85. The van der Waals surface area contributed by atoms with Gasteiger partial charge in [0, 0.05) is 19.7 Å². The Morgan fingerprint density at radius 3 is 3.00 bits per heavy atom. The van der Waals surface area contributed by atoms with Crippen molar-refractivity contribution in [2.75, 3.05) is 19.8 Å². The van der Waals surface area contributed by atoms with Gasteiger partial charge in [0.15, 0.2) is 0 Å². The Labute approximate surface area is 107 Å². The van der Waals surface area contributed by atoms with Gasteiger partial charge in [-0.3, -0.25) is 0 Å². The quantitative estimate of drug-likeness (QED) is 0.746. The Morgan fingerprint density at radius 2 is 2.35 bits per heavy atom. The van der Waals surface area contributed by atoms with Crippen molar-refractivity contribution in [3.63, 3.8) is 0 Å². The van der Waals surface area contributed by atoms with Crippen molar-refractivity contribution >= 4 is 11.3 Å². The number of rotatable bonds is 8. The highest BCUT2D eigenvalue weighted by Crippen LogP contribution is 2.28. The maximum Gasteiger partial charge on any atom is 0.0897 e. The van der Waals surface area contributed by atoms with Gasteiger partial charge in [-0.25, -0.2) is 0 Å². The maximum absolute atomic E-state index is 9.70. The molecule has 2 rings (SSSR count). The molecule has 17 heavy (non-hydrogen) atoms. The number of hydrogen-bond acceptors (Lipinski definition) is 4. The minimum atomic E-state index is -0.396. The highest BCUT2D eigenvalue weighted by atomic mass is 32.1. The van der Waals surface area contributed by atoms with Crippen molar-refractivity contribution in [3.05, 3.63) is 21.9 Å². The predicted molar refractivity (Wildman–Crippen MR) is 70.3 cm³/mol. The summed E-state index contributed by atoms with van der Waals surface area (Å²) >= 11 is 1.72. The van der Waals surface area contributed by atoms with Crippen molar-refractivity contribution in [1.82, 2.24) is 5.32 Å². The highest BCUT2D eigenvalue weighted by Gasteiger charge is 2.21. The summed E-state index contributed by atoms with van der Waals surface area (Å²) in [6.45, 7) is 4.81. The maximum atomic E-state index is 9.70. The Hall–Kier alpha value is -0.420. The first-order valence-electron chi connectivity index (χ1n) is 6.24. The van der Waals surface area contributed by atoms with E-state index < -0.39 is 6.10 Å². The van der Waals surface area contributed by atoms with Crippen LogP contribution < -0.4 is 5.32 Å². The number of aliphatic hydroxyl groups excluding tert-OH is 1. The Kier molecular flexibility index (Phi) is 4.98. The van der Waals surface area contributed by atoms with Gasteiger partial charge in [0.1, 0.15) is 0 Å². The molecule has 1 heterocycles. The normalized spacial score (nSPS) is 17.3. The topological polar surface area (TPSA) is 41.5 Å². The molecule has 0 aromatic carbocycles. The monoisotopic (exact) mass is 255 g/mol. The number of thiophene rings is 1. The van der Waals surface area contributed by atoms with Gasteiger partial charge in [-0.2, -0.15) is 11.3 Å². The second kappa shape index (κ2) is 6.50. The fourth-order valence-corrected chi connectivity index (χ4v) is 2.51. The molecular weight excluding hydrogens is 234 g/mol. The van der Waals surface area contributed by atoms with Crippen LogP contribution in [0.3, 0.4) is 0 Å². The first-order valence-corrected chi connectivity index (χ1v) is 7.18. The molecule has 0 amide bonds. The molecule has 0 bridgehead atoms. The molecule has 1 aliphatic carbocycles. The molecule has 96 valence electrons. The molecule has 0 radical (unpaired) electrons. The zero-order valence-electron chi connectivity index (χ0n) is 10.3.